The highest BCUT2D eigenvalue weighted by molar-refractivity contribution is 5.29. The first-order chi connectivity index (χ1) is 7.88. The molecule has 1 heteroatoms. The average Bonchev–Trinajstić information content (AvgIpc) is 2.59. The van der Waals surface area contributed by atoms with Crippen LogP contribution in [0.25, 0.3) is 0 Å². The van der Waals surface area contributed by atoms with Crippen molar-refractivity contribution in [1.29, 1.82) is 0 Å². The van der Waals surface area contributed by atoms with Gasteiger partial charge in [0.15, 0.2) is 0 Å². The Bertz CT molecular complexity index is 348. The van der Waals surface area contributed by atoms with E-state index in [0.717, 1.165) is 30.8 Å². The first-order valence-corrected chi connectivity index (χ1v) is 6.13. The highest BCUT2D eigenvalue weighted by Crippen LogP contribution is 2.22. The molecule has 1 aromatic rings. The van der Waals surface area contributed by atoms with E-state index in [0.29, 0.717) is 0 Å². The number of allylic oxidation sites excluding steroid dienone is 2. The lowest BCUT2D eigenvalue weighted by Crippen LogP contribution is -1.94. The number of benzene rings is 1. The lowest BCUT2D eigenvalue weighted by Gasteiger charge is -2.09. The predicted octanol–water partition coefficient (Wildman–Crippen LogP) is 4.29. The molecule has 16 heavy (non-hydrogen) atoms. The molecule has 85 valence electrons. The van der Waals surface area contributed by atoms with Crippen LogP contribution in [0.1, 0.15) is 37.7 Å². The Balaban J connectivity index is 1.99. The van der Waals surface area contributed by atoms with E-state index in [1.807, 2.05) is 12.1 Å². The second kappa shape index (κ2) is 5.74. The van der Waals surface area contributed by atoms with Gasteiger partial charge in [-0.3, -0.25) is 0 Å². The summed E-state index contributed by atoms with van der Waals surface area (Å²) in [6.45, 7) is 3.86. The summed E-state index contributed by atoms with van der Waals surface area (Å²) in [5.41, 5.74) is 1.25. The van der Waals surface area contributed by atoms with Gasteiger partial charge in [0.25, 0.3) is 0 Å². The van der Waals surface area contributed by atoms with E-state index in [9.17, 15) is 0 Å². The summed E-state index contributed by atoms with van der Waals surface area (Å²) >= 11 is 0. The zero-order chi connectivity index (χ0) is 11.2. The van der Waals surface area contributed by atoms with Gasteiger partial charge in [0, 0.05) is 6.42 Å². The topological polar surface area (TPSA) is 9.23 Å². The highest BCUT2D eigenvalue weighted by Gasteiger charge is 2.04. The van der Waals surface area contributed by atoms with Crippen molar-refractivity contribution < 1.29 is 4.74 Å². The molecule has 0 amide bonds. The van der Waals surface area contributed by atoms with Crippen molar-refractivity contribution in [3.05, 3.63) is 48.6 Å². The molecular formula is C15H19O. The lowest BCUT2D eigenvalue weighted by molar-refractivity contribution is 0.400. The van der Waals surface area contributed by atoms with Crippen LogP contribution in [0.15, 0.2) is 36.1 Å². The second-order valence-electron chi connectivity index (χ2n) is 4.27. The molecule has 0 saturated carbocycles. The third kappa shape index (κ3) is 3.13. The Kier molecular flexibility index (Phi) is 4.03. The standard InChI is InChI=1S/C15H19O/c1-2-13-9-11-15(12-10-13)16-14-7-5-3-4-6-8-14/h7,9-12H,1-6,8H2. The third-order valence-electron chi connectivity index (χ3n) is 2.96. The van der Waals surface area contributed by atoms with Crippen molar-refractivity contribution in [3.63, 3.8) is 0 Å². The molecule has 1 aliphatic carbocycles. The molecule has 0 saturated heterocycles. The lowest BCUT2D eigenvalue weighted by atomic mass is 10.2. The van der Waals surface area contributed by atoms with Gasteiger partial charge in [-0.25, -0.2) is 0 Å². The summed E-state index contributed by atoms with van der Waals surface area (Å²) in [6.07, 6.45) is 9.19. The number of hydrogen-bond acceptors (Lipinski definition) is 1. The van der Waals surface area contributed by atoms with E-state index in [-0.39, 0.29) is 0 Å². The molecule has 0 aromatic heterocycles. The van der Waals surface area contributed by atoms with Gasteiger partial charge in [-0.15, -0.1) is 0 Å². The van der Waals surface area contributed by atoms with Gasteiger partial charge in [-0.1, -0.05) is 18.6 Å². The van der Waals surface area contributed by atoms with Gasteiger partial charge in [-0.05, 0) is 56.4 Å². The van der Waals surface area contributed by atoms with E-state index < -0.39 is 0 Å². The fourth-order valence-electron chi connectivity index (χ4n) is 1.95. The van der Waals surface area contributed by atoms with Gasteiger partial charge in [0.05, 0.1) is 0 Å². The SMILES string of the molecule is [CH2]Cc1ccc(OC2=CCCCCC2)cc1. The molecule has 0 N–H and O–H groups in total. The third-order valence-corrected chi connectivity index (χ3v) is 2.96. The minimum absolute atomic E-state index is 0.836. The Morgan fingerprint density at radius 3 is 2.62 bits per heavy atom. The molecule has 0 bridgehead atoms. The Hall–Kier alpha value is -1.24. The molecule has 0 spiro atoms. The van der Waals surface area contributed by atoms with Gasteiger partial charge < -0.3 is 4.74 Å². The maximum Gasteiger partial charge on any atom is 0.126 e. The first kappa shape index (κ1) is 11.3. The summed E-state index contributed by atoms with van der Waals surface area (Å²) in [6, 6.07) is 8.23. The first-order valence-electron chi connectivity index (χ1n) is 6.13. The molecule has 0 unspecified atom stereocenters. The van der Waals surface area contributed by atoms with Crippen LogP contribution in [-0.4, -0.2) is 0 Å². The summed E-state index contributed by atoms with van der Waals surface area (Å²) in [4.78, 5) is 0. The van der Waals surface area contributed by atoms with Crippen molar-refractivity contribution in [2.24, 2.45) is 0 Å². The molecule has 2 rings (SSSR count). The van der Waals surface area contributed by atoms with E-state index in [1.165, 1.54) is 24.8 Å². The van der Waals surface area contributed by atoms with Crippen LogP contribution in [0.3, 0.4) is 0 Å². The molecule has 0 fully saturated rings. The minimum Gasteiger partial charge on any atom is -0.462 e. The Morgan fingerprint density at radius 2 is 1.88 bits per heavy atom. The van der Waals surface area contributed by atoms with Gasteiger partial charge in [0.1, 0.15) is 11.5 Å². The summed E-state index contributed by atoms with van der Waals surface area (Å²) in [5, 5.41) is 0. The van der Waals surface area contributed by atoms with Crippen molar-refractivity contribution >= 4 is 0 Å². The van der Waals surface area contributed by atoms with Crippen molar-refractivity contribution in [3.8, 4) is 5.75 Å². The second-order valence-corrected chi connectivity index (χ2v) is 4.27. The predicted molar refractivity (Wildman–Crippen MR) is 67.3 cm³/mol. The van der Waals surface area contributed by atoms with Gasteiger partial charge in [0.2, 0.25) is 0 Å². The van der Waals surface area contributed by atoms with Crippen molar-refractivity contribution in [1.82, 2.24) is 0 Å². The summed E-state index contributed by atoms with van der Waals surface area (Å²) < 4.78 is 5.88. The van der Waals surface area contributed by atoms with E-state index >= 15 is 0 Å². The van der Waals surface area contributed by atoms with Crippen LogP contribution in [-0.2, 0) is 6.42 Å². The maximum absolute atomic E-state index is 5.88. The summed E-state index contributed by atoms with van der Waals surface area (Å²) in [5.74, 6) is 2.09. The zero-order valence-corrected chi connectivity index (χ0v) is 9.74. The van der Waals surface area contributed by atoms with Crippen LogP contribution in [0, 0.1) is 6.92 Å². The van der Waals surface area contributed by atoms with E-state index in [4.69, 9.17) is 4.74 Å². The average molecular weight is 215 g/mol. The van der Waals surface area contributed by atoms with E-state index in [1.54, 1.807) is 0 Å². The fraction of sp³-hybridized carbons (Fsp3) is 0.400. The molecular weight excluding hydrogens is 196 g/mol. The molecule has 1 aromatic carbocycles. The van der Waals surface area contributed by atoms with Gasteiger partial charge in [-0.2, -0.15) is 0 Å². The van der Waals surface area contributed by atoms with Crippen LogP contribution >= 0.6 is 0 Å². The number of ether oxygens (including phenoxy) is 1. The Morgan fingerprint density at radius 1 is 1.06 bits per heavy atom. The van der Waals surface area contributed by atoms with Crippen LogP contribution in [0.5, 0.6) is 5.75 Å². The van der Waals surface area contributed by atoms with Crippen LogP contribution in [0.2, 0.25) is 0 Å². The smallest absolute Gasteiger partial charge is 0.126 e. The minimum atomic E-state index is 0.836. The highest BCUT2D eigenvalue weighted by atomic mass is 16.5. The molecule has 0 atom stereocenters. The summed E-state index contributed by atoms with van der Waals surface area (Å²) in [7, 11) is 0. The fourth-order valence-corrected chi connectivity index (χ4v) is 1.95. The molecule has 1 radical (unpaired) electrons. The molecule has 0 heterocycles. The molecule has 1 nitrogen and oxygen atoms in total. The number of rotatable bonds is 3. The maximum atomic E-state index is 5.88. The van der Waals surface area contributed by atoms with Crippen molar-refractivity contribution in [2.45, 2.75) is 38.5 Å². The number of hydrogen-bond donors (Lipinski definition) is 0. The van der Waals surface area contributed by atoms with E-state index in [2.05, 4.69) is 25.1 Å². The largest absolute Gasteiger partial charge is 0.462 e. The zero-order valence-electron chi connectivity index (χ0n) is 9.74. The Labute approximate surface area is 98.1 Å². The molecule has 0 aliphatic heterocycles. The van der Waals surface area contributed by atoms with Crippen molar-refractivity contribution in [2.75, 3.05) is 0 Å². The van der Waals surface area contributed by atoms with Gasteiger partial charge >= 0.3 is 0 Å². The molecule has 1 aliphatic rings. The monoisotopic (exact) mass is 215 g/mol. The van der Waals surface area contributed by atoms with Crippen LogP contribution in [0.4, 0.5) is 0 Å². The normalized spacial score (nSPS) is 16.4. The van der Waals surface area contributed by atoms with Crippen LogP contribution < -0.4 is 4.74 Å². The quantitative estimate of drug-likeness (QED) is 0.730.